The molecule has 1 saturated heterocycles. The van der Waals surface area contributed by atoms with Crippen LogP contribution in [0.3, 0.4) is 0 Å². The standard InChI is InChI=1S/C18H23FN4O/c1-11-8-16(14-6-4-5-7-15(14)19)23(9-11)10-17(24)20-18-12(2)21-22-13(18)3/h4-7,11,16H,8-10H2,1-3H3,(H,20,24)(H,21,22)/t11-,16-/m1/s1. The molecule has 2 aromatic rings. The third-order valence-corrected chi connectivity index (χ3v) is 4.62. The molecule has 0 saturated carbocycles. The summed E-state index contributed by atoms with van der Waals surface area (Å²) in [5.41, 5.74) is 3.00. The van der Waals surface area contributed by atoms with Gasteiger partial charge in [-0.25, -0.2) is 4.39 Å². The van der Waals surface area contributed by atoms with E-state index in [9.17, 15) is 9.18 Å². The maximum Gasteiger partial charge on any atom is 0.238 e. The number of halogens is 1. The van der Waals surface area contributed by atoms with Crippen LogP contribution in [0.2, 0.25) is 0 Å². The van der Waals surface area contributed by atoms with Crippen LogP contribution in [-0.2, 0) is 4.79 Å². The second kappa shape index (κ2) is 6.73. The van der Waals surface area contributed by atoms with E-state index in [2.05, 4.69) is 27.3 Å². The van der Waals surface area contributed by atoms with Crippen LogP contribution in [0.4, 0.5) is 10.1 Å². The van der Waals surface area contributed by atoms with E-state index in [1.54, 1.807) is 6.07 Å². The molecule has 1 aromatic heterocycles. The van der Waals surface area contributed by atoms with Gasteiger partial charge in [0.2, 0.25) is 5.91 Å². The largest absolute Gasteiger partial charge is 0.322 e. The van der Waals surface area contributed by atoms with Crippen molar-refractivity contribution in [2.75, 3.05) is 18.4 Å². The zero-order valence-electron chi connectivity index (χ0n) is 14.3. The molecule has 24 heavy (non-hydrogen) atoms. The number of carbonyl (C=O) groups is 1. The van der Waals surface area contributed by atoms with E-state index in [4.69, 9.17) is 0 Å². The number of hydrogen-bond donors (Lipinski definition) is 2. The fourth-order valence-electron chi connectivity index (χ4n) is 3.47. The van der Waals surface area contributed by atoms with Gasteiger partial charge in [0.1, 0.15) is 5.82 Å². The van der Waals surface area contributed by atoms with Crippen molar-refractivity contribution in [3.05, 3.63) is 47.0 Å². The summed E-state index contributed by atoms with van der Waals surface area (Å²) >= 11 is 0. The summed E-state index contributed by atoms with van der Waals surface area (Å²) in [7, 11) is 0. The van der Waals surface area contributed by atoms with Gasteiger partial charge in [0.15, 0.2) is 0 Å². The van der Waals surface area contributed by atoms with Gasteiger partial charge < -0.3 is 5.32 Å². The number of nitrogens with zero attached hydrogens (tertiary/aromatic N) is 2. The van der Waals surface area contributed by atoms with Gasteiger partial charge >= 0.3 is 0 Å². The molecule has 1 fully saturated rings. The number of hydrogen-bond acceptors (Lipinski definition) is 3. The van der Waals surface area contributed by atoms with E-state index in [-0.39, 0.29) is 24.3 Å². The van der Waals surface area contributed by atoms with Crippen molar-refractivity contribution in [2.24, 2.45) is 5.92 Å². The molecule has 5 nitrogen and oxygen atoms in total. The summed E-state index contributed by atoms with van der Waals surface area (Å²) in [6.07, 6.45) is 0.859. The number of nitrogens with one attached hydrogen (secondary N) is 2. The molecular formula is C18H23FN4O. The van der Waals surface area contributed by atoms with E-state index >= 15 is 0 Å². The lowest BCUT2D eigenvalue weighted by Gasteiger charge is -2.24. The van der Waals surface area contributed by atoms with Crippen LogP contribution in [-0.4, -0.2) is 34.1 Å². The average molecular weight is 330 g/mol. The van der Waals surface area contributed by atoms with Crippen molar-refractivity contribution in [1.29, 1.82) is 0 Å². The van der Waals surface area contributed by atoms with Crippen molar-refractivity contribution in [1.82, 2.24) is 15.1 Å². The van der Waals surface area contributed by atoms with Crippen molar-refractivity contribution < 1.29 is 9.18 Å². The Balaban J connectivity index is 1.73. The number of rotatable bonds is 4. The number of anilines is 1. The predicted molar refractivity (Wildman–Crippen MR) is 91.2 cm³/mol. The smallest absolute Gasteiger partial charge is 0.238 e. The van der Waals surface area contributed by atoms with Gasteiger partial charge in [-0.15, -0.1) is 0 Å². The normalized spacial score (nSPS) is 21.2. The lowest BCUT2D eigenvalue weighted by Crippen LogP contribution is -2.33. The molecule has 0 spiro atoms. The Morgan fingerprint density at radius 2 is 2.17 bits per heavy atom. The van der Waals surface area contributed by atoms with Crippen LogP contribution < -0.4 is 5.32 Å². The molecule has 1 aromatic carbocycles. The van der Waals surface area contributed by atoms with Crippen molar-refractivity contribution >= 4 is 11.6 Å². The maximum atomic E-state index is 14.2. The van der Waals surface area contributed by atoms with Crippen molar-refractivity contribution in [3.63, 3.8) is 0 Å². The van der Waals surface area contributed by atoms with Gasteiger partial charge in [0.25, 0.3) is 0 Å². The van der Waals surface area contributed by atoms with Gasteiger partial charge in [-0.1, -0.05) is 25.1 Å². The lowest BCUT2D eigenvalue weighted by atomic mass is 10.0. The molecule has 1 amide bonds. The number of aromatic nitrogens is 2. The highest BCUT2D eigenvalue weighted by molar-refractivity contribution is 5.93. The summed E-state index contributed by atoms with van der Waals surface area (Å²) in [5, 5.41) is 9.86. The molecule has 0 aliphatic carbocycles. The first-order chi connectivity index (χ1) is 11.5. The Kier molecular flexibility index (Phi) is 4.66. The zero-order valence-corrected chi connectivity index (χ0v) is 14.3. The van der Waals surface area contributed by atoms with E-state index in [1.807, 2.05) is 26.0 Å². The van der Waals surface area contributed by atoms with Gasteiger partial charge in [-0.2, -0.15) is 5.10 Å². The zero-order chi connectivity index (χ0) is 17.3. The number of benzene rings is 1. The molecule has 3 rings (SSSR count). The SMILES string of the molecule is Cc1n[nH]c(C)c1NC(=O)CN1C[C@H](C)C[C@@H]1c1ccccc1F. The molecule has 1 aliphatic rings. The Hall–Kier alpha value is -2.21. The molecule has 2 heterocycles. The molecular weight excluding hydrogens is 307 g/mol. The Morgan fingerprint density at radius 1 is 1.42 bits per heavy atom. The van der Waals surface area contributed by atoms with Gasteiger partial charge in [0.05, 0.1) is 23.6 Å². The third kappa shape index (κ3) is 3.33. The lowest BCUT2D eigenvalue weighted by molar-refractivity contribution is -0.117. The fraction of sp³-hybridized carbons (Fsp3) is 0.444. The van der Waals surface area contributed by atoms with Crippen molar-refractivity contribution in [3.8, 4) is 0 Å². The van der Waals surface area contributed by atoms with Crippen molar-refractivity contribution in [2.45, 2.75) is 33.2 Å². The first kappa shape index (κ1) is 16.6. The summed E-state index contributed by atoms with van der Waals surface area (Å²) in [4.78, 5) is 14.5. The minimum atomic E-state index is -0.205. The highest BCUT2D eigenvalue weighted by atomic mass is 19.1. The molecule has 128 valence electrons. The topological polar surface area (TPSA) is 61.0 Å². The Bertz CT molecular complexity index is 723. The van der Waals surface area contributed by atoms with Gasteiger partial charge in [-0.05, 0) is 32.3 Å². The number of amides is 1. The Labute approximate surface area is 141 Å². The number of aromatic amines is 1. The average Bonchev–Trinajstić information content (AvgIpc) is 3.04. The summed E-state index contributed by atoms with van der Waals surface area (Å²) in [6, 6.07) is 6.78. The second-order valence-corrected chi connectivity index (χ2v) is 6.66. The van der Waals surface area contributed by atoms with E-state index in [0.29, 0.717) is 11.5 Å². The predicted octanol–water partition coefficient (Wildman–Crippen LogP) is 3.19. The van der Waals surface area contributed by atoms with E-state index in [0.717, 1.165) is 30.0 Å². The number of likely N-dealkylation sites (tertiary alicyclic amines) is 1. The van der Waals surface area contributed by atoms with Gasteiger partial charge in [0, 0.05) is 18.2 Å². The van der Waals surface area contributed by atoms with Crippen LogP contribution in [0.15, 0.2) is 24.3 Å². The minimum Gasteiger partial charge on any atom is -0.322 e. The first-order valence-corrected chi connectivity index (χ1v) is 8.25. The second-order valence-electron chi connectivity index (χ2n) is 6.66. The first-order valence-electron chi connectivity index (χ1n) is 8.25. The molecule has 2 atom stereocenters. The summed E-state index contributed by atoms with van der Waals surface area (Å²) < 4.78 is 14.2. The van der Waals surface area contributed by atoms with Crippen LogP contribution in [0, 0.1) is 25.6 Å². The molecule has 2 N–H and O–H groups in total. The summed E-state index contributed by atoms with van der Waals surface area (Å²) in [6.45, 7) is 6.88. The minimum absolute atomic E-state index is 0.0570. The van der Waals surface area contributed by atoms with E-state index in [1.165, 1.54) is 6.07 Å². The molecule has 0 bridgehead atoms. The molecule has 1 aliphatic heterocycles. The molecule has 0 unspecified atom stereocenters. The van der Waals surface area contributed by atoms with E-state index < -0.39 is 0 Å². The van der Waals surface area contributed by atoms with Crippen LogP contribution in [0.25, 0.3) is 0 Å². The highest BCUT2D eigenvalue weighted by Crippen LogP contribution is 2.36. The summed E-state index contributed by atoms with van der Waals surface area (Å²) in [5.74, 6) is 0.126. The van der Waals surface area contributed by atoms with Gasteiger partial charge in [-0.3, -0.25) is 14.8 Å². The number of aryl methyl sites for hydroxylation is 2. The Morgan fingerprint density at radius 3 is 2.83 bits per heavy atom. The maximum absolute atomic E-state index is 14.2. The molecule has 0 radical (unpaired) electrons. The van der Waals surface area contributed by atoms with Crippen LogP contribution in [0.1, 0.15) is 36.3 Å². The highest BCUT2D eigenvalue weighted by Gasteiger charge is 2.33. The quantitative estimate of drug-likeness (QED) is 0.905. The monoisotopic (exact) mass is 330 g/mol. The van der Waals surface area contributed by atoms with Crippen LogP contribution >= 0.6 is 0 Å². The fourth-order valence-corrected chi connectivity index (χ4v) is 3.47. The molecule has 6 heteroatoms. The number of H-pyrrole nitrogens is 1. The number of carbonyl (C=O) groups excluding carboxylic acids is 1. The third-order valence-electron chi connectivity index (χ3n) is 4.62. The van der Waals surface area contributed by atoms with Crippen LogP contribution in [0.5, 0.6) is 0 Å².